The van der Waals surface area contributed by atoms with E-state index in [4.69, 9.17) is 0 Å². The maximum absolute atomic E-state index is 2.51. The summed E-state index contributed by atoms with van der Waals surface area (Å²) in [6, 6.07) is 91.0. The number of hydrogen-bond acceptors (Lipinski definition) is 1. The van der Waals surface area contributed by atoms with E-state index in [2.05, 4.69) is 254 Å². The van der Waals surface area contributed by atoms with Crippen molar-refractivity contribution in [2.24, 2.45) is 0 Å². The van der Waals surface area contributed by atoms with Crippen LogP contribution in [0.3, 0.4) is 0 Å². The molecule has 0 heterocycles. The van der Waals surface area contributed by atoms with E-state index in [1.165, 1.54) is 83.2 Å². The molecule has 0 saturated heterocycles. The van der Waals surface area contributed by atoms with Crippen LogP contribution in [0.25, 0.3) is 55.3 Å². The summed E-state index contributed by atoms with van der Waals surface area (Å²) in [7, 11) is 0. The average molecular weight is 764 g/mol. The van der Waals surface area contributed by atoms with E-state index in [0.717, 1.165) is 11.4 Å². The van der Waals surface area contributed by atoms with Gasteiger partial charge in [-0.3, -0.25) is 0 Å². The summed E-state index contributed by atoms with van der Waals surface area (Å²) in [5.74, 6) is 0. The first kappa shape index (κ1) is 35.4. The second-order valence-corrected chi connectivity index (χ2v) is 15.6. The molecule has 1 aliphatic rings. The van der Waals surface area contributed by atoms with Crippen LogP contribution >= 0.6 is 0 Å². The van der Waals surface area contributed by atoms with Crippen molar-refractivity contribution in [2.45, 2.75) is 5.41 Å². The summed E-state index contributed by atoms with van der Waals surface area (Å²) in [6.07, 6.45) is 0. The average Bonchev–Trinajstić information content (AvgIpc) is 3.65. The fourth-order valence-corrected chi connectivity index (χ4v) is 9.78. The van der Waals surface area contributed by atoms with Crippen LogP contribution in [0.5, 0.6) is 0 Å². The Bertz CT molecular complexity index is 3050. The predicted molar refractivity (Wildman–Crippen MR) is 252 cm³/mol. The van der Waals surface area contributed by atoms with E-state index >= 15 is 0 Å². The van der Waals surface area contributed by atoms with Gasteiger partial charge in [-0.05, 0) is 90.7 Å². The zero-order valence-corrected chi connectivity index (χ0v) is 33.1. The van der Waals surface area contributed by atoms with Gasteiger partial charge in [0.1, 0.15) is 0 Å². The minimum Gasteiger partial charge on any atom is -0.309 e. The van der Waals surface area contributed by atoms with Gasteiger partial charge in [0.25, 0.3) is 0 Å². The van der Waals surface area contributed by atoms with E-state index in [1.807, 2.05) is 0 Å². The first-order valence-electron chi connectivity index (χ1n) is 20.8. The van der Waals surface area contributed by atoms with E-state index in [9.17, 15) is 0 Å². The van der Waals surface area contributed by atoms with Gasteiger partial charge in [0.05, 0.1) is 11.1 Å². The fraction of sp³-hybridized carbons (Fsp3) is 0.0169. The Hall–Kier alpha value is -7.74. The molecule has 0 unspecified atom stereocenters. The molecule has 1 heteroatoms. The molecule has 11 rings (SSSR count). The van der Waals surface area contributed by atoms with Crippen LogP contribution in [0.15, 0.2) is 249 Å². The SMILES string of the molecule is c1ccc(-c2ccc(-c3ccc(N(c4ccccc4)c4c5c(c6ccccc6c4-c4ccccc4)C(c4ccccc4)(c4ccccc4)c4ccccc4-5)cc3)cc2)cc1. The largest absolute Gasteiger partial charge is 0.309 e. The van der Waals surface area contributed by atoms with Gasteiger partial charge in [-0.1, -0.05) is 224 Å². The first-order chi connectivity index (χ1) is 29.8. The quantitative estimate of drug-likeness (QED) is 0.149. The summed E-state index contributed by atoms with van der Waals surface area (Å²) < 4.78 is 0. The second-order valence-electron chi connectivity index (χ2n) is 15.6. The minimum absolute atomic E-state index is 0.587. The minimum atomic E-state index is -0.587. The highest BCUT2D eigenvalue weighted by Gasteiger charge is 2.49. The molecule has 282 valence electrons. The molecule has 10 aromatic rings. The molecule has 1 nitrogen and oxygen atoms in total. The number of rotatable bonds is 8. The van der Waals surface area contributed by atoms with Gasteiger partial charge < -0.3 is 4.90 Å². The van der Waals surface area contributed by atoms with E-state index < -0.39 is 5.41 Å². The highest BCUT2D eigenvalue weighted by Crippen LogP contribution is 2.63. The number of benzene rings is 10. The fourth-order valence-electron chi connectivity index (χ4n) is 9.78. The van der Waals surface area contributed by atoms with Crippen LogP contribution in [0.1, 0.15) is 22.3 Å². The molecule has 0 aliphatic heterocycles. The van der Waals surface area contributed by atoms with E-state index in [1.54, 1.807) is 0 Å². The molecule has 0 radical (unpaired) electrons. The summed E-state index contributed by atoms with van der Waals surface area (Å²) in [4.78, 5) is 2.51. The highest BCUT2D eigenvalue weighted by molar-refractivity contribution is 6.16. The maximum Gasteiger partial charge on any atom is 0.0720 e. The van der Waals surface area contributed by atoms with Gasteiger partial charge in [0, 0.05) is 22.5 Å². The van der Waals surface area contributed by atoms with Crippen LogP contribution in [0.2, 0.25) is 0 Å². The molecule has 0 amide bonds. The molecule has 0 N–H and O–H groups in total. The molecule has 0 bridgehead atoms. The Kier molecular flexibility index (Phi) is 8.79. The molecule has 0 fully saturated rings. The molecule has 0 aromatic heterocycles. The Morgan fingerprint density at radius 2 is 0.683 bits per heavy atom. The van der Waals surface area contributed by atoms with Gasteiger partial charge in [-0.2, -0.15) is 0 Å². The van der Waals surface area contributed by atoms with Gasteiger partial charge in [-0.15, -0.1) is 0 Å². The lowest BCUT2D eigenvalue weighted by molar-refractivity contribution is 0.775. The standard InChI is InChI=1S/C59H41N/c1-6-20-42(21-7-1)43-34-36-44(37-35-43)45-38-40-50(41-39-45)60(49-28-14-5-15-29-49)58-55(46-22-8-2-9-23-46)51-30-16-17-31-52(51)57-56(58)53-32-18-19-33-54(53)59(57,47-24-10-3-11-25-47)48-26-12-4-13-27-48/h1-41H. The highest BCUT2D eigenvalue weighted by atomic mass is 15.1. The van der Waals surface area contributed by atoms with Crippen molar-refractivity contribution in [1.82, 2.24) is 0 Å². The zero-order chi connectivity index (χ0) is 39.9. The number of anilines is 3. The van der Waals surface area contributed by atoms with Gasteiger partial charge in [0.2, 0.25) is 0 Å². The van der Waals surface area contributed by atoms with Crippen LogP contribution in [0, 0.1) is 0 Å². The molecule has 1 aliphatic carbocycles. The third-order valence-electron chi connectivity index (χ3n) is 12.3. The number of para-hydroxylation sites is 1. The smallest absolute Gasteiger partial charge is 0.0720 e. The van der Waals surface area contributed by atoms with Crippen LogP contribution < -0.4 is 4.90 Å². The zero-order valence-electron chi connectivity index (χ0n) is 33.1. The van der Waals surface area contributed by atoms with Crippen molar-refractivity contribution in [3.05, 3.63) is 271 Å². The van der Waals surface area contributed by atoms with Crippen molar-refractivity contribution in [1.29, 1.82) is 0 Å². The monoisotopic (exact) mass is 763 g/mol. The number of nitrogens with zero attached hydrogens (tertiary/aromatic N) is 1. The third kappa shape index (κ3) is 5.70. The molecule has 10 aromatic carbocycles. The molecular weight excluding hydrogens is 723 g/mol. The lowest BCUT2D eigenvalue weighted by atomic mass is 9.66. The molecule has 0 spiro atoms. The lowest BCUT2D eigenvalue weighted by Crippen LogP contribution is -2.29. The van der Waals surface area contributed by atoms with Crippen LogP contribution in [-0.4, -0.2) is 0 Å². The summed E-state index contributed by atoms with van der Waals surface area (Å²) >= 11 is 0. The van der Waals surface area contributed by atoms with Gasteiger partial charge >= 0.3 is 0 Å². The van der Waals surface area contributed by atoms with Crippen molar-refractivity contribution < 1.29 is 0 Å². The van der Waals surface area contributed by atoms with Crippen molar-refractivity contribution in [3.8, 4) is 44.5 Å². The van der Waals surface area contributed by atoms with Crippen LogP contribution in [-0.2, 0) is 5.41 Å². The topological polar surface area (TPSA) is 3.24 Å². The molecule has 0 atom stereocenters. The Balaban J connectivity index is 1.23. The van der Waals surface area contributed by atoms with Crippen molar-refractivity contribution in [2.75, 3.05) is 4.90 Å². The summed E-state index contributed by atoms with van der Waals surface area (Å²) in [5, 5.41) is 2.47. The Morgan fingerprint density at radius 3 is 1.25 bits per heavy atom. The number of hydrogen-bond donors (Lipinski definition) is 0. The third-order valence-corrected chi connectivity index (χ3v) is 12.3. The van der Waals surface area contributed by atoms with E-state index in [0.29, 0.717) is 0 Å². The van der Waals surface area contributed by atoms with Gasteiger partial charge in [0.15, 0.2) is 0 Å². The Morgan fingerprint density at radius 1 is 0.283 bits per heavy atom. The summed E-state index contributed by atoms with van der Waals surface area (Å²) in [5.41, 5.74) is 17.6. The van der Waals surface area contributed by atoms with Crippen LogP contribution in [0.4, 0.5) is 17.1 Å². The molecular formula is C59H41N. The van der Waals surface area contributed by atoms with Crippen molar-refractivity contribution in [3.63, 3.8) is 0 Å². The Labute approximate surface area is 352 Å². The lowest BCUT2D eigenvalue weighted by Gasteiger charge is -2.36. The molecule has 0 saturated carbocycles. The number of fused-ring (bicyclic) bond motifs is 5. The first-order valence-corrected chi connectivity index (χ1v) is 20.8. The van der Waals surface area contributed by atoms with Gasteiger partial charge in [-0.25, -0.2) is 0 Å². The predicted octanol–water partition coefficient (Wildman–Crippen LogP) is 15.7. The normalized spacial score (nSPS) is 12.5. The van der Waals surface area contributed by atoms with Crippen molar-refractivity contribution >= 4 is 27.8 Å². The molecule has 60 heavy (non-hydrogen) atoms. The van der Waals surface area contributed by atoms with E-state index in [-0.39, 0.29) is 0 Å². The summed E-state index contributed by atoms with van der Waals surface area (Å²) in [6.45, 7) is 0. The maximum atomic E-state index is 2.51. The second kappa shape index (κ2) is 14.9.